The first-order chi connectivity index (χ1) is 12.2. The summed E-state index contributed by atoms with van der Waals surface area (Å²) >= 11 is 0. The molecule has 3 rings (SSSR count). The maximum Gasteiger partial charge on any atom is 0.272 e. The summed E-state index contributed by atoms with van der Waals surface area (Å²) in [4.78, 5) is 35.1. The molecule has 0 atom stereocenters. The normalized spacial score (nSPS) is 14.1. The van der Waals surface area contributed by atoms with E-state index in [0.29, 0.717) is 43.6 Å². The van der Waals surface area contributed by atoms with E-state index in [0.717, 1.165) is 12.1 Å². The summed E-state index contributed by atoms with van der Waals surface area (Å²) in [6.45, 7) is 2.07. The molecule has 1 aliphatic rings. The van der Waals surface area contributed by atoms with Crippen LogP contribution in [-0.2, 0) is 4.79 Å². The number of carbonyl (C=O) groups is 2. The van der Waals surface area contributed by atoms with Crippen molar-refractivity contribution in [1.29, 1.82) is 0 Å². The van der Waals surface area contributed by atoms with Crippen molar-refractivity contribution in [1.82, 2.24) is 19.8 Å². The Morgan fingerprint density at radius 1 is 1.24 bits per heavy atom. The van der Waals surface area contributed by atoms with Gasteiger partial charge in [-0.2, -0.15) is 0 Å². The third-order valence-corrected chi connectivity index (χ3v) is 3.95. The molecule has 0 saturated carbocycles. The van der Waals surface area contributed by atoms with Crippen LogP contribution < -0.4 is 10.1 Å². The summed E-state index contributed by atoms with van der Waals surface area (Å²) in [5.41, 5.74) is 1.09. The molecule has 130 valence electrons. The summed E-state index contributed by atoms with van der Waals surface area (Å²) in [5.74, 6) is 0.887. The predicted octanol–water partition coefficient (Wildman–Crippen LogP) is 1.14. The molecule has 1 fully saturated rings. The van der Waals surface area contributed by atoms with Gasteiger partial charge >= 0.3 is 0 Å². The van der Waals surface area contributed by atoms with Gasteiger partial charge in [-0.25, -0.2) is 9.97 Å². The number of aromatic nitrogens is 2. The van der Waals surface area contributed by atoms with Crippen LogP contribution in [0.25, 0.3) is 0 Å². The number of hydrogen-bond donors (Lipinski definition) is 1. The number of hydrogen-bond acceptors (Lipinski definition) is 6. The highest BCUT2D eigenvalue weighted by molar-refractivity contribution is 5.92. The average Bonchev–Trinajstić information content (AvgIpc) is 2.68. The van der Waals surface area contributed by atoms with E-state index in [1.807, 2.05) is 24.3 Å². The zero-order valence-corrected chi connectivity index (χ0v) is 13.9. The Morgan fingerprint density at radius 2 is 2.04 bits per heavy atom. The van der Waals surface area contributed by atoms with Crippen LogP contribution in [0.1, 0.15) is 10.5 Å². The lowest BCUT2D eigenvalue weighted by Crippen LogP contribution is -2.48. The molecule has 25 heavy (non-hydrogen) atoms. The zero-order valence-electron chi connectivity index (χ0n) is 13.9. The van der Waals surface area contributed by atoms with Crippen LogP contribution in [0.3, 0.4) is 0 Å². The van der Waals surface area contributed by atoms with E-state index in [1.54, 1.807) is 29.2 Å². The number of benzene rings is 1. The molecule has 1 aromatic carbocycles. The van der Waals surface area contributed by atoms with E-state index in [9.17, 15) is 9.59 Å². The monoisotopic (exact) mass is 341 g/mol. The lowest BCUT2D eigenvalue weighted by atomic mass is 10.3. The summed E-state index contributed by atoms with van der Waals surface area (Å²) in [7, 11) is 1.60. The zero-order chi connectivity index (χ0) is 17.6. The van der Waals surface area contributed by atoms with Gasteiger partial charge in [-0.1, -0.05) is 6.07 Å². The van der Waals surface area contributed by atoms with E-state index in [2.05, 4.69) is 15.3 Å². The van der Waals surface area contributed by atoms with Crippen LogP contribution in [0.5, 0.6) is 5.75 Å². The number of nitrogens with zero attached hydrogens (tertiary/aromatic N) is 4. The van der Waals surface area contributed by atoms with Gasteiger partial charge in [-0.3, -0.25) is 9.59 Å². The standard InChI is InChI=1S/C17H19N5O3/c1-25-14-4-2-3-13(11-14)19-17-18-6-5-15(20-17)16(24)22-9-7-21(12-23)8-10-22/h2-6,11-12H,7-10H2,1H3,(H,18,19,20). The fraction of sp³-hybridized carbons (Fsp3) is 0.294. The maximum atomic E-state index is 12.6. The smallest absolute Gasteiger partial charge is 0.272 e. The van der Waals surface area contributed by atoms with Gasteiger partial charge in [0.2, 0.25) is 12.4 Å². The van der Waals surface area contributed by atoms with Gasteiger partial charge in [0.05, 0.1) is 7.11 Å². The molecule has 2 heterocycles. The summed E-state index contributed by atoms with van der Waals surface area (Å²) in [5, 5.41) is 3.07. The molecule has 8 heteroatoms. The van der Waals surface area contributed by atoms with E-state index in [4.69, 9.17) is 4.74 Å². The van der Waals surface area contributed by atoms with Crippen molar-refractivity contribution in [3.8, 4) is 5.75 Å². The first-order valence-electron chi connectivity index (χ1n) is 7.92. The second-order valence-corrected chi connectivity index (χ2v) is 5.56. The number of methoxy groups -OCH3 is 1. The van der Waals surface area contributed by atoms with Crippen molar-refractivity contribution in [2.45, 2.75) is 0 Å². The van der Waals surface area contributed by atoms with Crippen LogP contribution >= 0.6 is 0 Å². The van der Waals surface area contributed by atoms with Crippen molar-refractivity contribution in [3.05, 3.63) is 42.2 Å². The summed E-state index contributed by atoms with van der Waals surface area (Å²) < 4.78 is 5.18. The van der Waals surface area contributed by atoms with Gasteiger partial charge < -0.3 is 19.9 Å². The molecule has 2 amide bonds. The van der Waals surface area contributed by atoms with E-state index < -0.39 is 0 Å². The van der Waals surface area contributed by atoms with Crippen LogP contribution in [0, 0.1) is 0 Å². The minimum absolute atomic E-state index is 0.165. The highest BCUT2D eigenvalue weighted by Gasteiger charge is 2.22. The molecule has 8 nitrogen and oxygen atoms in total. The molecular weight excluding hydrogens is 322 g/mol. The highest BCUT2D eigenvalue weighted by atomic mass is 16.5. The number of piperazine rings is 1. The summed E-state index contributed by atoms with van der Waals surface area (Å²) in [6.07, 6.45) is 2.35. The molecule has 1 N–H and O–H groups in total. The second kappa shape index (κ2) is 7.61. The Hall–Kier alpha value is -3.16. The number of ether oxygens (including phenoxy) is 1. The van der Waals surface area contributed by atoms with Gasteiger partial charge in [0.15, 0.2) is 0 Å². The van der Waals surface area contributed by atoms with E-state index in [1.165, 1.54) is 0 Å². The first kappa shape index (κ1) is 16.7. The Morgan fingerprint density at radius 3 is 2.76 bits per heavy atom. The Kier molecular flexibility index (Phi) is 5.08. The Labute approximate surface area is 145 Å². The molecule has 0 bridgehead atoms. The van der Waals surface area contributed by atoms with Crippen LogP contribution in [0.4, 0.5) is 11.6 Å². The topological polar surface area (TPSA) is 87.7 Å². The molecule has 1 aromatic heterocycles. The predicted molar refractivity (Wildman–Crippen MR) is 91.8 cm³/mol. The fourth-order valence-electron chi connectivity index (χ4n) is 2.56. The molecule has 1 saturated heterocycles. The average molecular weight is 341 g/mol. The Bertz CT molecular complexity index is 759. The number of amides is 2. The third-order valence-electron chi connectivity index (χ3n) is 3.95. The molecule has 0 aliphatic carbocycles. The van der Waals surface area contributed by atoms with Crippen molar-refractivity contribution in [2.24, 2.45) is 0 Å². The van der Waals surface area contributed by atoms with Gasteiger partial charge in [-0.05, 0) is 18.2 Å². The molecule has 0 radical (unpaired) electrons. The quantitative estimate of drug-likeness (QED) is 0.821. The third kappa shape index (κ3) is 4.03. The van der Waals surface area contributed by atoms with Crippen LogP contribution in [0.15, 0.2) is 36.5 Å². The Balaban J connectivity index is 1.70. The van der Waals surface area contributed by atoms with Crippen LogP contribution in [0.2, 0.25) is 0 Å². The number of rotatable bonds is 5. The van der Waals surface area contributed by atoms with E-state index in [-0.39, 0.29) is 5.91 Å². The molecule has 0 unspecified atom stereocenters. The molecule has 2 aromatic rings. The molecular formula is C17H19N5O3. The van der Waals surface area contributed by atoms with Gasteiger partial charge in [-0.15, -0.1) is 0 Å². The van der Waals surface area contributed by atoms with Gasteiger partial charge in [0.25, 0.3) is 5.91 Å². The number of nitrogens with one attached hydrogen (secondary N) is 1. The van der Waals surface area contributed by atoms with Crippen LogP contribution in [-0.4, -0.2) is 65.4 Å². The summed E-state index contributed by atoms with van der Waals surface area (Å²) in [6, 6.07) is 8.95. The van der Waals surface area contributed by atoms with Crippen molar-refractivity contribution in [3.63, 3.8) is 0 Å². The second-order valence-electron chi connectivity index (χ2n) is 5.56. The fourth-order valence-corrected chi connectivity index (χ4v) is 2.56. The van der Waals surface area contributed by atoms with Crippen molar-refractivity contribution < 1.29 is 14.3 Å². The first-order valence-corrected chi connectivity index (χ1v) is 7.92. The molecule has 1 aliphatic heterocycles. The van der Waals surface area contributed by atoms with Crippen molar-refractivity contribution >= 4 is 24.0 Å². The maximum absolute atomic E-state index is 12.6. The number of carbonyl (C=O) groups excluding carboxylic acids is 2. The minimum Gasteiger partial charge on any atom is -0.497 e. The largest absolute Gasteiger partial charge is 0.497 e. The SMILES string of the molecule is COc1cccc(Nc2nccc(C(=O)N3CCN(C=O)CC3)n2)c1. The van der Waals surface area contributed by atoms with E-state index >= 15 is 0 Å². The lowest BCUT2D eigenvalue weighted by Gasteiger charge is -2.32. The lowest BCUT2D eigenvalue weighted by molar-refractivity contribution is -0.119. The highest BCUT2D eigenvalue weighted by Crippen LogP contribution is 2.19. The molecule has 0 spiro atoms. The van der Waals surface area contributed by atoms with Gasteiger partial charge in [0, 0.05) is 44.1 Å². The van der Waals surface area contributed by atoms with Crippen molar-refractivity contribution in [2.75, 3.05) is 38.6 Å². The minimum atomic E-state index is -0.165. The number of anilines is 2. The van der Waals surface area contributed by atoms with Gasteiger partial charge in [0.1, 0.15) is 11.4 Å².